The predicted molar refractivity (Wildman–Crippen MR) is 43.8 cm³/mol. The van der Waals surface area contributed by atoms with E-state index in [1.165, 1.54) is 0 Å². The first-order valence-corrected chi connectivity index (χ1v) is 4.07. The van der Waals surface area contributed by atoms with Crippen LogP contribution in [0.5, 0.6) is 0 Å². The number of hydrogen-bond acceptors (Lipinski definition) is 2. The maximum Gasteiger partial charge on any atom is 0.141 e. The summed E-state index contributed by atoms with van der Waals surface area (Å²) in [7, 11) is 0. The van der Waals surface area contributed by atoms with Gasteiger partial charge in [0.05, 0.1) is 18.8 Å². The molecule has 2 nitrogen and oxygen atoms in total. The van der Waals surface area contributed by atoms with Crippen molar-refractivity contribution in [2.75, 3.05) is 6.67 Å². The Kier molecular flexibility index (Phi) is 5.04. The third-order valence-electron chi connectivity index (χ3n) is 1.80. The number of halogens is 1. The van der Waals surface area contributed by atoms with Crippen molar-refractivity contribution < 1.29 is 4.39 Å². The second kappa shape index (κ2) is 5.55. The van der Waals surface area contributed by atoms with Crippen LogP contribution in [-0.2, 0) is 0 Å². The molecule has 0 aliphatic rings. The molecule has 0 fully saturated rings. The van der Waals surface area contributed by atoms with Crippen molar-refractivity contribution in [2.24, 2.45) is 5.41 Å². The van der Waals surface area contributed by atoms with Crippen LogP contribution in [0, 0.1) is 28.1 Å². The largest absolute Gasteiger partial charge is 0.251 e. The lowest BCUT2D eigenvalue weighted by Gasteiger charge is -2.10. The molecule has 0 aromatic heterocycles. The van der Waals surface area contributed by atoms with E-state index in [4.69, 9.17) is 10.5 Å². The fraction of sp³-hybridized carbons (Fsp3) is 0.778. The van der Waals surface area contributed by atoms with Crippen LogP contribution in [0.25, 0.3) is 0 Å². The van der Waals surface area contributed by atoms with Crippen LogP contribution >= 0.6 is 0 Å². The van der Waals surface area contributed by atoms with E-state index in [-0.39, 0.29) is 6.67 Å². The van der Waals surface area contributed by atoms with Gasteiger partial charge in [-0.3, -0.25) is 4.39 Å². The highest BCUT2D eigenvalue weighted by Crippen LogP contribution is 2.21. The highest BCUT2D eigenvalue weighted by Gasteiger charge is 2.21. The molecule has 66 valence electrons. The number of rotatable bonds is 5. The fourth-order valence-electron chi connectivity index (χ4n) is 0.887. The Morgan fingerprint density at radius 3 is 2.17 bits per heavy atom. The first-order valence-electron chi connectivity index (χ1n) is 4.07. The summed E-state index contributed by atoms with van der Waals surface area (Å²) in [6.07, 6.45) is 2.59. The van der Waals surface area contributed by atoms with E-state index < -0.39 is 5.41 Å². The standard InChI is InChI=1S/C9H13FN2/c1-9(7-11,8-12)5-3-2-4-6-10/h2-6H2,1H3. The van der Waals surface area contributed by atoms with Crippen LogP contribution in [-0.4, -0.2) is 6.67 Å². The second-order valence-corrected chi connectivity index (χ2v) is 3.06. The quantitative estimate of drug-likeness (QED) is 0.592. The van der Waals surface area contributed by atoms with Crippen molar-refractivity contribution in [1.29, 1.82) is 10.5 Å². The predicted octanol–water partition coefficient (Wildman–Crippen LogP) is 2.57. The van der Waals surface area contributed by atoms with Crippen molar-refractivity contribution >= 4 is 0 Å². The molecule has 0 aliphatic carbocycles. The minimum atomic E-state index is -0.879. The topological polar surface area (TPSA) is 47.6 Å². The lowest BCUT2D eigenvalue weighted by atomic mass is 9.88. The van der Waals surface area contributed by atoms with Crippen molar-refractivity contribution in [1.82, 2.24) is 0 Å². The Hall–Kier alpha value is -1.09. The van der Waals surface area contributed by atoms with Gasteiger partial charge < -0.3 is 0 Å². The molecule has 0 aromatic carbocycles. The molecule has 0 atom stereocenters. The minimum Gasteiger partial charge on any atom is -0.251 e. The zero-order valence-corrected chi connectivity index (χ0v) is 7.31. The van der Waals surface area contributed by atoms with Crippen LogP contribution in [0.4, 0.5) is 4.39 Å². The Bertz CT molecular complexity index is 186. The molecule has 0 radical (unpaired) electrons. The number of unbranched alkanes of at least 4 members (excludes halogenated alkanes) is 2. The summed E-state index contributed by atoms with van der Waals surface area (Å²) in [6.45, 7) is 1.30. The number of alkyl halides is 1. The summed E-state index contributed by atoms with van der Waals surface area (Å²) in [5.74, 6) is 0. The molecule has 0 saturated heterocycles. The van der Waals surface area contributed by atoms with Gasteiger partial charge in [-0.2, -0.15) is 10.5 Å². The maximum atomic E-state index is 11.6. The molecule has 0 unspecified atom stereocenters. The lowest BCUT2D eigenvalue weighted by molar-refractivity contribution is 0.429. The third kappa shape index (κ3) is 3.93. The van der Waals surface area contributed by atoms with Crippen LogP contribution in [0.2, 0.25) is 0 Å². The number of nitriles is 2. The van der Waals surface area contributed by atoms with Crippen LogP contribution < -0.4 is 0 Å². The van der Waals surface area contributed by atoms with Gasteiger partial charge in [0, 0.05) is 0 Å². The lowest BCUT2D eigenvalue weighted by Crippen LogP contribution is -2.09. The van der Waals surface area contributed by atoms with Crippen molar-refractivity contribution in [3.8, 4) is 12.1 Å². The molecule has 0 heterocycles. The van der Waals surface area contributed by atoms with Crippen LogP contribution in [0.3, 0.4) is 0 Å². The zero-order chi connectivity index (χ0) is 9.45. The highest BCUT2D eigenvalue weighted by atomic mass is 19.1. The van der Waals surface area contributed by atoms with Gasteiger partial charge in [0.15, 0.2) is 0 Å². The molecule has 0 spiro atoms. The van der Waals surface area contributed by atoms with E-state index in [0.29, 0.717) is 12.8 Å². The Morgan fingerprint density at radius 2 is 1.75 bits per heavy atom. The average molecular weight is 168 g/mol. The molecule has 12 heavy (non-hydrogen) atoms. The van der Waals surface area contributed by atoms with Crippen molar-refractivity contribution in [2.45, 2.75) is 32.6 Å². The second-order valence-electron chi connectivity index (χ2n) is 3.06. The summed E-state index contributed by atoms with van der Waals surface area (Å²) < 4.78 is 11.6. The number of nitrogens with zero attached hydrogens (tertiary/aromatic N) is 2. The third-order valence-corrected chi connectivity index (χ3v) is 1.80. The summed E-state index contributed by atoms with van der Waals surface area (Å²) in [6, 6.07) is 3.90. The van der Waals surface area contributed by atoms with Crippen molar-refractivity contribution in [3.05, 3.63) is 0 Å². The Labute approximate surface area is 72.6 Å². The molecule has 0 amide bonds. The van der Waals surface area contributed by atoms with Gasteiger partial charge in [-0.25, -0.2) is 0 Å². The average Bonchev–Trinajstić information content (AvgIpc) is 2.12. The monoisotopic (exact) mass is 168 g/mol. The summed E-state index contributed by atoms with van der Waals surface area (Å²) in [5, 5.41) is 17.2. The summed E-state index contributed by atoms with van der Waals surface area (Å²) in [5.41, 5.74) is -0.879. The Balaban J connectivity index is 3.63. The van der Waals surface area contributed by atoms with Crippen LogP contribution in [0.1, 0.15) is 32.6 Å². The van der Waals surface area contributed by atoms with Gasteiger partial charge in [-0.05, 0) is 19.8 Å². The van der Waals surface area contributed by atoms with E-state index in [0.717, 1.165) is 12.8 Å². The van der Waals surface area contributed by atoms with E-state index >= 15 is 0 Å². The molecular weight excluding hydrogens is 155 g/mol. The molecule has 0 bridgehead atoms. The van der Waals surface area contributed by atoms with E-state index in [1.807, 2.05) is 12.1 Å². The normalized spacial score (nSPS) is 10.3. The first-order chi connectivity index (χ1) is 5.68. The van der Waals surface area contributed by atoms with Gasteiger partial charge in [-0.1, -0.05) is 12.8 Å². The molecular formula is C9H13FN2. The first kappa shape index (κ1) is 10.9. The maximum absolute atomic E-state index is 11.6. The molecule has 0 aliphatic heterocycles. The molecule has 0 aromatic rings. The van der Waals surface area contributed by atoms with Gasteiger partial charge in [0.1, 0.15) is 5.41 Å². The fourth-order valence-corrected chi connectivity index (χ4v) is 0.887. The zero-order valence-electron chi connectivity index (χ0n) is 7.31. The molecule has 0 N–H and O–H groups in total. The van der Waals surface area contributed by atoms with Crippen molar-refractivity contribution in [3.63, 3.8) is 0 Å². The molecule has 3 heteroatoms. The number of hydrogen-bond donors (Lipinski definition) is 0. The smallest absolute Gasteiger partial charge is 0.141 e. The minimum absolute atomic E-state index is 0.310. The highest BCUT2D eigenvalue weighted by molar-refractivity contribution is 5.10. The van der Waals surface area contributed by atoms with E-state index in [2.05, 4.69) is 0 Å². The van der Waals surface area contributed by atoms with Gasteiger partial charge in [0.25, 0.3) is 0 Å². The Morgan fingerprint density at radius 1 is 1.17 bits per heavy atom. The SMILES string of the molecule is CC(C#N)(C#N)CCCCCF. The molecule has 0 rings (SSSR count). The van der Waals surface area contributed by atoms with E-state index in [1.54, 1.807) is 6.92 Å². The summed E-state index contributed by atoms with van der Waals surface area (Å²) >= 11 is 0. The van der Waals surface area contributed by atoms with Gasteiger partial charge in [0.2, 0.25) is 0 Å². The summed E-state index contributed by atoms with van der Waals surface area (Å²) in [4.78, 5) is 0. The van der Waals surface area contributed by atoms with Gasteiger partial charge >= 0.3 is 0 Å². The molecule has 0 saturated carbocycles. The van der Waals surface area contributed by atoms with Gasteiger partial charge in [-0.15, -0.1) is 0 Å². The van der Waals surface area contributed by atoms with Crippen LogP contribution in [0.15, 0.2) is 0 Å². The van der Waals surface area contributed by atoms with E-state index in [9.17, 15) is 4.39 Å².